The Morgan fingerprint density at radius 2 is 1.95 bits per heavy atom. The highest BCUT2D eigenvalue weighted by atomic mass is 32.1. The van der Waals surface area contributed by atoms with Crippen LogP contribution in [0.4, 0.5) is 0 Å². The van der Waals surface area contributed by atoms with Crippen molar-refractivity contribution in [3.05, 3.63) is 22.4 Å². The van der Waals surface area contributed by atoms with Crippen molar-refractivity contribution in [2.45, 2.75) is 45.6 Å². The molecule has 1 atom stereocenters. The van der Waals surface area contributed by atoms with Gasteiger partial charge in [-0.15, -0.1) is 11.3 Å². The van der Waals surface area contributed by atoms with Gasteiger partial charge < -0.3 is 10.6 Å². The first kappa shape index (κ1) is 17.4. The molecule has 6 heteroatoms. The number of Topliss-reactive ketones (excluding diaryl/α,β-unsaturated/α-hetero) is 1. The van der Waals surface area contributed by atoms with E-state index in [-0.39, 0.29) is 42.9 Å². The maximum Gasteiger partial charge on any atom is 0.221 e. The molecule has 116 valence electrons. The highest BCUT2D eigenvalue weighted by Gasteiger charge is 2.10. The number of nitrogens with one attached hydrogen (secondary N) is 2. The van der Waals surface area contributed by atoms with Gasteiger partial charge in [-0.3, -0.25) is 14.4 Å². The summed E-state index contributed by atoms with van der Waals surface area (Å²) < 4.78 is 0. The molecule has 1 heterocycles. The second-order valence-corrected chi connectivity index (χ2v) is 5.82. The van der Waals surface area contributed by atoms with Crippen LogP contribution in [-0.4, -0.2) is 30.2 Å². The predicted molar refractivity (Wildman–Crippen MR) is 83.4 cm³/mol. The molecular weight excluding hydrogens is 288 g/mol. The molecule has 0 saturated heterocycles. The number of hydrogen-bond donors (Lipinski definition) is 2. The van der Waals surface area contributed by atoms with Crippen molar-refractivity contribution in [2.75, 3.05) is 6.54 Å². The van der Waals surface area contributed by atoms with Crippen LogP contribution in [-0.2, 0) is 9.59 Å². The Morgan fingerprint density at radius 3 is 2.57 bits per heavy atom. The Bertz CT molecular complexity index is 471. The van der Waals surface area contributed by atoms with Crippen LogP contribution in [0.25, 0.3) is 0 Å². The Labute approximate surface area is 129 Å². The van der Waals surface area contributed by atoms with Gasteiger partial charge in [-0.1, -0.05) is 13.0 Å². The molecule has 0 aromatic carbocycles. The minimum atomic E-state index is -0.198. The van der Waals surface area contributed by atoms with Gasteiger partial charge in [0.1, 0.15) is 0 Å². The van der Waals surface area contributed by atoms with E-state index < -0.39 is 0 Å². The Hall–Kier alpha value is -1.69. The Balaban J connectivity index is 2.14. The molecule has 0 saturated carbocycles. The third kappa shape index (κ3) is 7.04. The van der Waals surface area contributed by atoms with E-state index in [1.54, 1.807) is 6.07 Å². The number of rotatable bonds is 9. The molecule has 0 fully saturated rings. The quantitative estimate of drug-likeness (QED) is 0.686. The van der Waals surface area contributed by atoms with Crippen molar-refractivity contribution in [3.63, 3.8) is 0 Å². The van der Waals surface area contributed by atoms with Crippen molar-refractivity contribution < 1.29 is 14.4 Å². The van der Waals surface area contributed by atoms with Crippen LogP contribution in [0.15, 0.2) is 17.5 Å². The van der Waals surface area contributed by atoms with Gasteiger partial charge in [0.15, 0.2) is 5.78 Å². The van der Waals surface area contributed by atoms with E-state index in [0.29, 0.717) is 11.4 Å². The van der Waals surface area contributed by atoms with Crippen LogP contribution in [0.5, 0.6) is 0 Å². The van der Waals surface area contributed by atoms with Crippen LogP contribution >= 0.6 is 11.3 Å². The molecule has 0 aliphatic heterocycles. The lowest BCUT2D eigenvalue weighted by molar-refractivity contribution is -0.122. The van der Waals surface area contributed by atoms with Gasteiger partial charge in [0.05, 0.1) is 4.88 Å². The van der Waals surface area contributed by atoms with Gasteiger partial charge in [-0.05, 0) is 24.8 Å². The molecule has 1 aromatic rings. The van der Waals surface area contributed by atoms with Crippen molar-refractivity contribution in [1.82, 2.24) is 10.6 Å². The first-order valence-electron chi connectivity index (χ1n) is 7.15. The molecule has 0 spiro atoms. The summed E-state index contributed by atoms with van der Waals surface area (Å²) in [6.07, 6.45) is 1.49. The lowest BCUT2D eigenvalue weighted by Gasteiger charge is -2.11. The van der Waals surface area contributed by atoms with E-state index >= 15 is 0 Å². The lowest BCUT2D eigenvalue weighted by atomic mass is 10.2. The zero-order valence-electron chi connectivity index (χ0n) is 12.5. The molecule has 1 aromatic heterocycles. The third-order valence-electron chi connectivity index (χ3n) is 3.07. The fourth-order valence-electron chi connectivity index (χ4n) is 1.64. The zero-order chi connectivity index (χ0) is 15.7. The Morgan fingerprint density at radius 1 is 1.19 bits per heavy atom. The minimum absolute atomic E-state index is 0.0188. The van der Waals surface area contributed by atoms with Gasteiger partial charge >= 0.3 is 0 Å². The fourth-order valence-corrected chi connectivity index (χ4v) is 2.33. The van der Waals surface area contributed by atoms with Crippen molar-refractivity contribution in [2.24, 2.45) is 0 Å². The number of amides is 2. The van der Waals surface area contributed by atoms with Gasteiger partial charge in [0.25, 0.3) is 0 Å². The SMILES string of the molecule is CCC(C)NC(=O)CCNC(=O)CCC(=O)c1cccs1. The van der Waals surface area contributed by atoms with Gasteiger partial charge in [-0.25, -0.2) is 0 Å². The predicted octanol–water partition coefficient (Wildman–Crippen LogP) is 2.13. The summed E-state index contributed by atoms with van der Waals surface area (Å²) >= 11 is 1.38. The van der Waals surface area contributed by atoms with E-state index in [2.05, 4.69) is 10.6 Å². The molecule has 2 amide bonds. The molecule has 1 unspecified atom stereocenters. The molecular formula is C15H22N2O3S. The second kappa shape index (κ2) is 9.28. The summed E-state index contributed by atoms with van der Waals surface area (Å²) in [5.74, 6) is -0.287. The molecule has 5 nitrogen and oxygen atoms in total. The maximum atomic E-state index is 11.7. The third-order valence-corrected chi connectivity index (χ3v) is 3.98. The van der Waals surface area contributed by atoms with Crippen LogP contribution in [0, 0.1) is 0 Å². The Kier molecular flexibility index (Phi) is 7.68. The molecule has 0 radical (unpaired) electrons. The number of hydrogen-bond acceptors (Lipinski definition) is 4. The fraction of sp³-hybridized carbons (Fsp3) is 0.533. The number of carbonyl (C=O) groups is 3. The second-order valence-electron chi connectivity index (χ2n) is 4.88. The van der Waals surface area contributed by atoms with Gasteiger partial charge in [0, 0.05) is 31.8 Å². The van der Waals surface area contributed by atoms with Crippen LogP contribution in [0.2, 0.25) is 0 Å². The largest absolute Gasteiger partial charge is 0.356 e. The van der Waals surface area contributed by atoms with E-state index in [1.807, 2.05) is 25.3 Å². The van der Waals surface area contributed by atoms with Gasteiger partial charge in [0.2, 0.25) is 11.8 Å². The van der Waals surface area contributed by atoms with Crippen molar-refractivity contribution in [3.8, 4) is 0 Å². The highest BCUT2D eigenvalue weighted by Crippen LogP contribution is 2.12. The van der Waals surface area contributed by atoms with E-state index in [4.69, 9.17) is 0 Å². The smallest absolute Gasteiger partial charge is 0.221 e. The normalized spacial score (nSPS) is 11.7. The number of thiophene rings is 1. The van der Waals surface area contributed by atoms with Crippen molar-refractivity contribution >= 4 is 28.9 Å². The topological polar surface area (TPSA) is 75.3 Å². The molecule has 0 aliphatic carbocycles. The summed E-state index contributed by atoms with van der Waals surface area (Å²) in [6, 6.07) is 3.72. The summed E-state index contributed by atoms with van der Waals surface area (Å²) in [7, 11) is 0. The van der Waals surface area contributed by atoms with E-state index in [9.17, 15) is 14.4 Å². The van der Waals surface area contributed by atoms with Crippen LogP contribution in [0.3, 0.4) is 0 Å². The monoisotopic (exact) mass is 310 g/mol. The molecule has 1 rings (SSSR count). The molecule has 0 bridgehead atoms. The van der Waals surface area contributed by atoms with Crippen LogP contribution in [0.1, 0.15) is 49.2 Å². The summed E-state index contributed by atoms with van der Waals surface area (Å²) in [4.78, 5) is 35.5. The highest BCUT2D eigenvalue weighted by molar-refractivity contribution is 7.12. The van der Waals surface area contributed by atoms with E-state index in [0.717, 1.165) is 6.42 Å². The maximum absolute atomic E-state index is 11.7. The number of ketones is 1. The summed E-state index contributed by atoms with van der Waals surface area (Å²) in [5, 5.41) is 7.32. The summed E-state index contributed by atoms with van der Waals surface area (Å²) in [6.45, 7) is 4.23. The average Bonchev–Trinajstić information content (AvgIpc) is 2.98. The first-order chi connectivity index (χ1) is 10.0. The standard InChI is InChI=1S/C15H22N2O3S/c1-3-11(2)17-15(20)8-9-16-14(19)7-6-12(18)13-5-4-10-21-13/h4-5,10-11H,3,6-9H2,1-2H3,(H,16,19)(H,17,20). The zero-order valence-corrected chi connectivity index (χ0v) is 13.3. The molecule has 21 heavy (non-hydrogen) atoms. The van der Waals surface area contributed by atoms with E-state index in [1.165, 1.54) is 11.3 Å². The molecule has 2 N–H and O–H groups in total. The lowest BCUT2D eigenvalue weighted by Crippen LogP contribution is -2.35. The van der Waals surface area contributed by atoms with Gasteiger partial charge in [-0.2, -0.15) is 0 Å². The van der Waals surface area contributed by atoms with Crippen molar-refractivity contribution in [1.29, 1.82) is 0 Å². The van der Waals surface area contributed by atoms with Crippen LogP contribution < -0.4 is 10.6 Å². The average molecular weight is 310 g/mol. The summed E-state index contributed by atoms with van der Waals surface area (Å²) in [5.41, 5.74) is 0. The number of carbonyl (C=O) groups excluding carboxylic acids is 3. The minimum Gasteiger partial charge on any atom is -0.356 e. The molecule has 0 aliphatic rings. The first-order valence-corrected chi connectivity index (χ1v) is 8.03.